The summed E-state index contributed by atoms with van der Waals surface area (Å²) in [6.45, 7) is 9.79. The van der Waals surface area contributed by atoms with E-state index in [0.717, 1.165) is 6.42 Å². The predicted octanol–water partition coefficient (Wildman–Crippen LogP) is 1.21. The third kappa shape index (κ3) is 2.30. The van der Waals surface area contributed by atoms with Gasteiger partial charge in [0.05, 0.1) is 25.0 Å². The summed E-state index contributed by atoms with van der Waals surface area (Å²) in [7, 11) is 0. The number of hydrogen-bond donors (Lipinski definition) is 1. The Balaban J connectivity index is 2.30. The summed E-state index contributed by atoms with van der Waals surface area (Å²) in [6.07, 6.45) is 1.94. The van der Waals surface area contributed by atoms with Crippen LogP contribution in [-0.4, -0.2) is 48.1 Å². The lowest BCUT2D eigenvalue weighted by atomic mass is 9.71. The summed E-state index contributed by atoms with van der Waals surface area (Å²) < 4.78 is 16.3. The number of ketones is 1. The monoisotopic (exact) mass is 312 g/mol. The normalized spacial score (nSPS) is 35.2. The third-order valence-electron chi connectivity index (χ3n) is 5.03. The molecule has 0 amide bonds. The van der Waals surface area contributed by atoms with Crippen molar-refractivity contribution in [2.24, 2.45) is 11.3 Å². The van der Waals surface area contributed by atoms with Crippen molar-refractivity contribution < 1.29 is 28.9 Å². The number of esters is 1. The molecule has 0 aromatic heterocycles. The Hall–Kier alpha value is -1.24. The van der Waals surface area contributed by atoms with Gasteiger partial charge >= 0.3 is 5.97 Å². The van der Waals surface area contributed by atoms with Crippen LogP contribution in [0.3, 0.4) is 0 Å². The molecule has 2 rings (SSSR count). The Morgan fingerprint density at radius 2 is 2.05 bits per heavy atom. The van der Waals surface area contributed by atoms with Gasteiger partial charge in [0, 0.05) is 5.92 Å². The minimum atomic E-state index is -2.25. The number of Topliss-reactive ketones (excluding diaryl/α,β-unsaturated/α-hetero) is 1. The number of carbonyl (C=O) groups excluding carboxylic acids is 2. The molecule has 6 heteroatoms. The summed E-state index contributed by atoms with van der Waals surface area (Å²) >= 11 is 0. The maximum atomic E-state index is 12.8. The Bertz CT molecular complexity index is 481. The maximum absolute atomic E-state index is 12.8. The largest absolute Gasteiger partial charge is 0.462 e. The molecule has 0 radical (unpaired) electrons. The summed E-state index contributed by atoms with van der Waals surface area (Å²) in [4.78, 5) is 24.8. The summed E-state index contributed by atoms with van der Waals surface area (Å²) in [6, 6.07) is 0. The van der Waals surface area contributed by atoms with Crippen LogP contribution < -0.4 is 0 Å². The van der Waals surface area contributed by atoms with Crippen LogP contribution in [0.4, 0.5) is 0 Å². The molecule has 2 aliphatic rings. The van der Waals surface area contributed by atoms with Gasteiger partial charge in [-0.1, -0.05) is 19.9 Å². The highest BCUT2D eigenvalue weighted by Gasteiger charge is 2.64. The Morgan fingerprint density at radius 3 is 2.55 bits per heavy atom. The Labute approximate surface area is 130 Å². The molecule has 0 aromatic rings. The first-order valence-corrected chi connectivity index (χ1v) is 7.60. The molecular weight excluding hydrogens is 288 g/mol. The van der Waals surface area contributed by atoms with E-state index in [2.05, 4.69) is 6.58 Å². The van der Waals surface area contributed by atoms with E-state index in [9.17, 15) is 14.7 Å². The molecule has 2 fully saturated rings. The average Bonchev–Trinajstić information content (AvgIpc) is 3.07. The number of aliphatic hydroxyl groups is 1. The molecule has 1 unspecified atom stereocenters. The Morgan fingerprint density at radius 1 is 1.45 bits per heavy atom. The second kappa shape index (κ2) is 5.76. The zero-order valence-corrected chi connectivity index (χ0v) is 13.4. The average molecular weight is 312 g/mol. The number of ether oxygens (including phenoxy) is 3. The van der Waals surface area contributed by atoms with Crippen molar-refractivity contribution in [1.82, 2.24) is 0 Å². The highest BCUT2D eigenvalue weighted by Crippen LogP contribution is 2.44. The van der Waals surface area contributed by atoms with E-state index >= 15 is 0 Å². The van der Waals surface area contributed by atoms with E-state index < -0.39 is 28.6 Å². The van der Waals surface area contributed by atoms with Crippen LogP contribution in [0, 0.1) is 11.3 Å². The zero-order chi connectivity index (χ0) is 16.6. The first-order valence-electron chi connectivity index (χ1n) is 7.60. The van der Waals surface area contributed by atoms with Crippen molar-refractivity contribution in [3.63, 3.8) is 0 Å². The van der Waals surface area contributed by atoms with Crippen LogP contribution in [0.25, 0.3) is 0 Å². The zero-order valence-electron chi connectivity index (χ0n) is 13.4. The second-order valence-corrected chi connectivity index (χ2v) is 6.33. The van der Waals surface area contributed by atoms with E-state index in [1.54, 1.807) is 6.92 Å². The van der Waals surface area contributed by atoms with Gasteiger partial charge in [-0.05, 0) is 13.3 Å². The van der Waals surface area contributed by atoms with Crippen molar-refractivity contribution >= 4 is 11.8 Å². The van der Waals surface area contributed by atoms with Crippen molar-refractivity contribution in [1.29, 1.82) is 0 Å². The van der Waals surface area contributed by atoms with Gasteiger partial charge < -0.3 is 19.3 Å². The van der Waals surface area contributed by atoms with E-state index in [4.69, 9.17) is 14.2 Å². The van der Waals surface area contributed by atoms with Gasteiger partial charge in [0.1, 0.15) is 6.61 Å². The van der Waals surface area contributed by atoms with Gasteiger partial charge in [-0.2, -0.15) is 0 Å². The first kappa shape index (κ1) is 17.1. The van der Waals surface area contributed by atoms with Crippen molar-refractivity contribution in [3.8, 4) is 0 Å². The fourth-order valence-electron chi connectivity index (χ4n) is 2.99. The standard InChI is InChI=1S/C16H24O6/c1-5-11(3)15(21-7-8-22-15)9-12(17)16(19)13(18)20-10-14(16,4)6-2/h6,11,19H,2,5,7-10H2,1,3-4H3/t11?,14-,16-/m0/s1. The highest BCUT2D eigenvalue weighted by molar-refractivity contribution is 6.09. The van der Waals surface area contributed by atoms with E-state index in [0.29, 0.717) is 13.2 Å². The highest BCUT2D eigenvalue weighted by atomic mass is 16.7. The van der Waals surface area contributed by atoms with Crippen LogP contribution in [0.1, 0.15) is 33.6 Å². The molecule has 6 nitrogen and oxygen atoms in total. The topological polar surface area (TPSA) is 82.1 Å². The van der Waals surface area contributed by atoms with Crippen molar-refractivity contribution in [3.05, 3.63) is 12.7 Å². The van der Waals surface area contributed by atoms with Gasteiger partial charge in [0.15, 0.2) is 11.6 Å². The van der Waals surface area contributed by atoms with Gasteiger partial charge in [-0.25, -0.2) is 4.79 Å². The molecule has 0 aromatic carbocycles. The van der Waals surface area contributed by atoms with Crippen LogP contribution in [0.15, 0.2) is 12.7 Å². The molecule has 0 bridgehead atoms. The lowest BCUT2D eigenvalue weighted by Gasteiger charge is -2.36. The van der Waals surface area contributed by atoms with Gasteiger partial charge in [-0.15, -0.1) is 6.58 Å². The van der Waals surface area contributed by atoms with Crippen LogP contribution in [0.5, 0.6) is 0 Å². The van der Waals surface area contributed by atoms with Gasteiger partial charge in [0.2, 0.25) is 5.60 Å². The minimum Gasteiger partial charge on any atom is -0.462 e. The number of hydrogen-bond acceptors (Lipinski definition) is 6. The fraction of sp³-hybridized carbons (Fsp3) is 0.750. The Kier molecular flexibility index (Phi) is 4.48. The van der Waals surface area contributed by atoms with Crippen LogP contribution in [0.2, 0.25) is 0 Å². The molecule has 2 aliphatic heterocycles. The molecule has 124 valence electrons. The van der Waals surface area contributed by atoms with Crippen molar-refractivity contribution in [2.75, 3.05) is 19.8 Å². The molecule has 0 aliphatic carbocycles. The van der Waals surface area contributed by atoms with Crippen molar-refractivity contribution in [2.45, 2.75) is 45.0 Å². The van der Waals surface area contributed by atoms with E-state index in [1.165, 1.54) is 6.08 Å². The fourth-order valence-corrected chi connectivity index (χ4v) is 2.99. The molecule has 2 saturated heterocycles. The molecule has 0 spiro atoms. The lowest BCUT2D eigenvalue weighted by molar-refractivity contribution is -0.204. The second-order valence-electron chi connectivity index (χ2n) is 6.33. The molecular formula is C16H24O6. The number of carbonyl (C=O) groups is 2. The summed E-state index contributed by atoms with van der Waals surface area (Å²) in [5.41, 5.74) is -3.40. The molecule has 0 saturated carbocycles. The summed E-state index contributed by atoms with van der Waals surface area (Å²) in [5, 5.41) is 10.8. The summed E-state index contributed by atoms with van der Waals surface area (Å²) in [5.74, 6) is -2.72. The van der Waals surface area contributed by atoms with E-state index in [1.807, 2.05) is 13.8 Å². The number of rotatable bonds is 6. The molecule has 22 heavy (non-hydrogen) atoms. The van der Waals surface area contributed by atoms with E-state index in [-0.39, 0.29) is 18.9 Å². The SMILES string of the molecule is C=C[C@@]1(C)COC(=O)[C@@]1(O)C(=O)CC1(C(C)CC)OCCO1. The molecule has 2 heterocycles. The maximum Gasteiger partial charge on any atom is 0.347 e. The predicted molar refractivity (Wildman–Crippen MR) is 77.9 cm³/mol. The lowest BCUT2D eigenvalue weighted by Crippen LogP contribution is -2.56. The van der Waals surface area contributed by atoms with Crippen LogP contribution >= 0.6 is 0 Å². The van der Waals surface area contributed by atoms with Gasteiger partial charge in [-0.3, -0.25) is 4.79 Å². The third-order valence-corrected chi connectivity index (χ3v) is 5.03. The van der Waals surface area contributed by atoms with Gasteiger partial charge in [0.25, 0.3) is 0 Å². The first-order chi connectivity index (χ1) is 10.3. The molecule has 3 atom stereocenters. The molecule has 1 N–H and O–H groups in total. The minimum absolute atomic E-state index is 0.0463. The smallest absolute Gasteiger partial charge is 0.347 e. The quantitative estimate of drug-likeness (QED) is 0.451. The van der Waals surface area contributed by atoms with Crippen LogP contribution in [-0.2, 0) is 23.8 Å². The number of cyclic esters (lactones) is 1.